The van der Waals surface area contributed by atoms with Gasteiger partial charge in [-0.15, -0.1) is 11.3 Å². The first-order valence-electron chi connectivity index (χ1n) is 6.78. The number of benzene rings is 1. The molecule has 0 aliphatic carbocycles. The van der Waals surface area contributed by atoms with Gasteiger partial charge in [-0.3, -0.25) is 0 Å². The number of carbonyl (C=O) groups excluding carboxylic acids is 1. The van der Waals surface area contributed by atoms with Gasteiger partial charge in [0.25, 0.3) is 0 Å². The van der Waals surface area contributed by atoms with E-state index in [1.165, 1.54) is 0 Å². The average molecular weight is 322 g/mol. The van der Waals surface area contributed by atoms with Gasteiger partial charge in [-0.2, -0.15) is 5.26 Å². The number of carboxylic acid groups (broad SMARTS) is 1. The van der Waals surface area contributed by atoms with Gasteiger partial charge in [-0.25, -0.2) is 4.98 Å². The third kappa shape index (κ3) is 4.59. The molecule has 1 heterocycles. The van der Waals surface area contributed by atoms with Crippen molar-refractivity contribution in [2.24, 2.45) is 5.92 Å². The molecule has 0 atom stereocenters. The van der Waals surface area contributed by atoms with Gasteiger partial charge in [0, 0.05) is 5.56 Å². The summed E-state index contributed by atoms with van der Waals surface area (Å²) >= 11 is 1.04. The molecule has 0 aliphatic rings. The van der Waals surface area contributed by atoms with E-state index in [9.17, 15) is 15.2 Å². The molecule has 0 fully saturated rings. The Morgan fingerprint density at radius 1 is 1.48 bits per heavy atom. The van der Waals surface area contributed by atoms with Crippen LogP contribution in [0.1, 0.15) is 34.8 Å². The number of hydrogen-bond donors (Lipinski definition) is 0. The Morgan fingerprint density at radius 2 is 2.17 bits per heavy atom. The number of aromatic nitrogens is 1. The SMILES string of the molecule is Cc1nc(-c2ccc(OCC(C)C)c(C#N)c2)sc1C(=O)[O-].[Li+]. The molecule has 0 bridgehead atoms. The molecule has 0 unspecified atom stereocenters. The van der Waals surface area contributed by atoms with E-state index in [1.807, 2.05) is 13.8 Å². The minimum atomic E-state index is -1.24. The van der Waals surface area contributed by atoms with Gasteiger partial charge in [0.2, 0.25) is 0 Å². The number of carbonyl (C=O) groups is 1. The monoisotopic (exact) mass is 322 g/mol. The first kappa shape index (κ1) is 19.3. The van der Waals surface area contributed by atoms with E-state index in [-0.39, 0.29) is 23.7 Å². The zero-order valence-corrected chi connectivity index (χ0v) is 14.4. The van der Waals surface area contributed by atoms with E-state index in [1.54, 1.807) is 25.1 Å². The Balaban J connectivity index is 0.00000264. The van der Waals surface area contributed by atoms with Crippen LogP contribution in [0.5, 0.6) is 5.75 Å². The molecule has 2 aromatic rings. The van der Waals surface area contributed by atoms with E-state index in [0.29, 0.717) is 40.1 Å². The Labute approximate surface area is 151 Å². The van der Waals surface area contributed by atoms with Crippen LogP contribution in [-0.4, -0.2) is 17.6 Å². The van der Waals surface area contributed by atoms with Crippen LogP contribution in [0.25, 0.3) is 10.6 Å². The van der Waals surface area contributed by atoms with E-state index >= 15 is 0 Å². The predicted molar refractivity (Wildman–Crippen MR) is 81.7 cm³/mol. The van der Waals surface area contributed by atoms with Crippen molar-refractivity contribution in [1.82, 2.24) is 4.98 Å². The second-order valence-corrected chi connectivity index (χ2v) is 6.25. The smallest absolute Gasteiger partial charge is 0.544 e. The van der Waals surface area contributed by atoms with E-state index in [0.717, 1.165) is 11.3 Å². The largest absolute Gasteiger partial charge is 1.00 e. The van der Waals surface area contributed by atoms with Gasteiger partial charge in [-0.05, 0) is 31.0 Å². The molecule has 0 saturated carbocycles. The third-order valence-corrected chi connectivity index (χ3v) is 4.09. The molecule has 0 N–H and O–H groups in total. The maximum Gasteiger partial charge on any atom is 1.00 e. The molecule has 7 heteroatoms. The summed E-state index contributed by atoms with van der Waals surface area (Å²) in [4.78, 5) is 15.3. The van der Waals surface area contributed by atoms with Crippen molar-refractivity contribution in [3.8, 4) is 22.4 Å². The maximum absolute atomic E-state index is 11.0. The first-order valence-corrected chi connectivity index (χ1v) is 7.60. The Kier molecular flexibility index (Phi) is 6.84. The van der Waals surface area contributed by atoms with Crippen LogP contribution >= 0.6 is 11.3 Å². The number of nitriles is 1. The zero-order valence-electron chi connectivity index (χ0n) is 13.5. The van der Waals surface area contributed by atoms with Gasteiger partial charge in [0.1, 0.15) is 16.8 Å². The quantitative estimate of drug-likeness (QED) is 0.686. The zero-order chi connectivity index (χ0) is 16.3. The number of ether oxygens (including phenoxy) is 1. The van der Waals surface area contributed by atoms with Crippen LogP contribution in [0, 0.1) is 24.2 Å². The fourth-order valence-electron chi connectivity index (χ4n) is 1.84. The van der Waals surface area contributed by atoms with Crippen LogP contribution < -0.4 is 28.7 Å². The van der Waals surface area contributed by atoms with Crippen molar-refractivity contribution in [2.75, 3.05) is 6.61 Å². The molecule has 114 valence electrons. The number of nitrogens with zero attached hydrogens (tertiary/aromatic N) is 2. The molecular weight excluding hydrogens is 307 g/mol. The molecule has 0 saturated heterocycles. The fourth-order valence-corrected chi connectivity index (χ4v) is 2.74. The number of hydrogen-bond acceptors (Lipinski definition) is 6. The van der Waals surface area contributed by atoms with Crippen LogP contribution in [0.2, 0.25) is 0 Å². The van der Waals surface area contributed by atoms with Crippen LogP contribution in [-0.2, 0) is 0 Å². The summed E-state index contributed by atoms with van der Waals surface area (Å²) in [6.45, 7) is 6.20. The molecular formula is C16H15LiN2O3S. The summed E-state index contributed by atoms with van der Waals surface area (Å²) in [7, 11) is 0. The summed E-state index contributed by atoms with van der Waals surface area (Å²) in [5.74, 6) is -0.356. The predicted octanol–water partition coefficient (Wildman–Crippen LogP) is -0.607. The molecule has 1 aromatic heterocycles. The average Bonchev–Trinajstić information content (AvgIpc) is 2.87. The molecule has 0 spiro atoms. The second-order valence-electron chi connectivity index (χ2n) is 5.25. The topological polar surface area (TPSA) is 86.0 Å². The van der Waals surface area contributed by atoms with Crippen LogP contribution in [0.3, 0.4) is 0 Å². The Hall–Kier alpha value is -1.79. The molecule has 2 rings (SSSR count). The summed E-state index contributed by atoms with van der Waals surface area (Å²) in [5, 5.41) is 20.8. The van der Waals surface area contributed by atoms with Gasteiger partial charge in [0.05, 0.1) is 28.7 Å². The van der Waals surface area contributed by atoms with Crippen molar-refractivity contribution < 1.29 is 33.5 Å². The number of aromatic carboxylic acids is 1. The molecule has 0 radical (unpaired) electrons. The van der Waals surface area contributed by atoms with Crippen molar-refractivity contribution >= 4 is 17.3 Å². The van der Waals surface area contributed by atoms with Crippen LogP contribution in [0.4, 0.5) is 0 Å². The minimum absolute atomic E-state index is 0. The molecule has 5 nitrogen and oxygen atoms in total. The van der Waals surface area contributed by atoms with Crippen molar-refractivity contribution in [1.29, 1.82) is 5.26 Å². The van der Waals surface area contributed by atoms with Crippen LogP contribution in [0.15, 0.2) is 18.2 Å². The van der Waals surface area contributed by atoms with Crippen molar-refractivity contribution in [2.45, 2.75) is 20.8 Å². The van der Waals surface area contributed by atoms with E-state index in [2.05, 4.69) is 11.1 Å². The Bertz CT molecular complexity index is 750. The second kappa shape index (κ2) is 8.17. The standard InChI is InChI=1S/C16H16N2O3S.Li/c1-9(2)8-21-13-5-4-11(6-12(13)7-17)15-18-10(3)14(22-15)16(19)20;/h4-6,9H,8H2,1-3H3,(H,19,20);/q;+1/p-1. The third-order valence-electron chi connectivity index (χ3n) is 2.90. The van der Waals surface area contributed by atoms with Gasteiger partial charge < -0.3 is 14.6 Å². The maximum atomic E-state index is 11.0. The number of thiazole rings is 1. The molecule has 23 heavy (non-hydrogen) atoms. The molecule has 1 aromatic carbocycles. The summed E-state index contributed by atoms with van der Waals surface area (Å²) in [6.07, 6.45) is 0. The molecule has 0 aliphatic heterocycles. The molecule has 0 amide bonds. The van der Waals surface area contributed by atoms with Crippen molar-refractivity contribution in [3.05, 3.63) is 34.3 Å². The Morgan fingerprint density at radius 3 is 2.70 bits per heavy atom. The van der Waals surface area contributed by atoms with Gasteiger partial charge >= 0.3 is 18.9 Å². The number of rotatable bonds is 5. The van der Waals surface area contributed by atoms with E-state index in [4.69, 9.17) is 4.74 Å². The van der Waals surface area contributed by atoms with Gasteiger partial charge in [0.15, 0.2) is 0 Å². The number of carboxylic acids is 1. The van der Waals surface area contributed by atoms with Crippen molar-refractivity contribution in [3.63, 3.8) is 0 Å². The fraction of sp³-hybridized carbons (Fsp3) is 0.312. The number of aryl methyl sites for hydroxylation is 1. The normalized spacial score (nSPS) is 10.0. The summed E-state index contributed by atoms with van der Waals surface area (Å²) < 4.78 is 5.60. The summed E-state index contributed by atoms with van der Waals surface area (Å²) in [6, 6.07) is 7.24. The van der Waals surface area contributed by atoms with Gasteiger partial charge in [-0.1, -0.05) is 13.8 Å². The van der Waals surface area contributed by atoms with E-state index < -0.39 is 5.97 Å². The minimum Gasteiger partial charge on any atom is -0.544 e. The first-order chi connectivity index (χ1) is 10.4. The summed E-state index contributed by atoms with van der Waals surface area (Å²) in [5.41, 5.74) is 1.51.